The first kappa shape index (κ1) is 25.7. The van der Waals surface area contributed by atoms with Crippen LogP contribution in [-0.4, -0.2) is 29.9 Å². The largest absolute Gasteiger partial charge is 0.418 e. The molecule has 1 atom stereocenters. The van der Waals surface area contributed by atoms with Crippen LogP contribution >= 0.6 is 11.6 Å². The van der Waals surface area contributed by atoms with Crippen molar-refractivity contribution in [2.45, 2.75) is 25.6 Å². The molecule has 0 spiro atoms. The molecule has 0 aliphatic carbocycles. The third-order valence-electron chi connectivity index (χ3n) is 6.05. The number of rotatable bonds is 8. The summed E-state index contributed by atoms with van der Waals surface area (Å²) in [6.07, 6.45) is -2.65. The zero-order chi connectivity index (χ0) is 25.8. The highest BCUT2D eigenvalue weighted by molar-refractivity contribution is 6.29. The van der Waals surface area contributed by atoms with E-state index in [0.29, 0.717) is 24.3 Å². The molecular weight excluding hydrogens is 495 g/mol. The molecule has 1 fully saturated rings. The van der Waals surface area contributed by atoms with Gasteiger partial charge in [0.1, 0.15) is 5.15 Å². The molecular formula is C26H23ClF3N3O3. The van der Waals surface area contributed by atoms with Crippen LogP contribution in [0.1, 0.15) is 34.3 Å². The number of pyridine rings is 1. The molecule has 1 aromatic heterocycles. The van der Waals surface area contributed by atoms with Crippen molar-refractivity contribution in [2.24, 2.45) is 5.41 Å². The fraction of sp³-hybridized carbons (Fsp3) is 0.269. The Morgan fingerprint density at radius 1 is 1.08 bits per heavy atom. The summed E-state index contributed by atoms with van der Waals surface area (Å²) in [5.74, 6) is -0.524. The van der Waals surface area contributed by atoms with Crippen LogP contribution in [0.25, 0.3) is 0 Å². The van der Waals surface area contributed by atoms with E-state index >= 15 is 0 Å². The molecule has 2 heterocycles. The second-order valence-corrected chi connectivity index (χ2v) is 8.99. The van der Waals surface area contributed by atoms with E-state index in [-0.39, 0.29) is 42.1 Å². The minimum atomic E-state index is -4.47. The van der Waals surface area contributed by atoms with Crippen LogP contribution in [0, 0.1) is 5.41 Å². The monoisotopic (exact) mass is 517 g/mol. The molecule has 0 bridgehead atoms. The van der Waals surface area contributed by atoms with Crippen LogP contribution < -0.4 is 10.6 Å². The Labute approximate surface area is 210 Å². The normalized spacial score (nSPS) is 17.6. The lowest BCUT2D eigenvalue weighted by atomic mass is 9.80. The quantitative estimate of drug-likeness (QED) is 0.292. The van der Waals surface area contributed by atoms with Crippen molar-refractivity contribution in [3.63, 3.8) is 0 Å². The number of hydrogen-bond acceptors (Lipinski definition) is 5. The Bertz CT molecular complexity index is 1240. The fourth-order valence-corrected chi connectivity index (χ4v) is 4.24. The summed E-state index contributed by atoms with van der Waals surface area (Å²) in [5.41, 5.74) is -0.189. The Morgan fingerprint density at radius 2 is 1.83 bits per heavy atom. The zero-order valence-corrected chi connectivity index (χ0v) is 19.8. The molecule has 2 aromatic carbocycles. The lowest BCUT2D eigenvalue weighted by Gasteiger charge is -2.25. The number of amides is 1. The number of ketones is 1. The standard InChI is InChI=1S/C26H23ClF3N3O3/c27-23-13-18(9-11-31-23)22(34)14-25(10-12-36-16-25)24(35)32-15-17-5-7-19(8-6-17)33-21-4-2-1-3-20(21)26(28,29)30/h1-9,11,13,33H,10,12,14-16H2,(H,32,35)/t25-/m0/s1. The van der Waals surface area contributed by atoms with Gasteiger partial charge < -0.3 is 15.4 Å². The van der Waals surface area contributed by atoms with E-state index in [1.165, 1.54) is 30.5 Å². The van der Waals surface area contributed by atoms with Gasteiger partial charge in [0.25, 0.3) is 0 Å². The molecule has 0 saturated carbocycles. The summed E-state index contributed by atoms with van der Waals surface area (Å²) in [4.78, 5) is 29.8. The maximum Gasteiger partial charge on any atom is 0.418 e. The van der Waals surface area contributed by atoms with Gasteiger partial charge in [0.2, 0.25) is 5.91 Å². The van der Waals surface area contributed by atoms with Crippen LogP contribution in [0.3, 0.4) is 0 Å². The van der Waals surface area contributed by atoms with E-state index < -0.39 is 17.2 Å². The number of nitrogens with one attached hydrogen (secondary N) is 2. The van der Waals surface area contributed by atoms with Crippen LogP contribution in [0.5, 0.6) is 0 Å². The third-order valence-corrected chi connectivity index (χ3v) is 6.26. The van der Waals surface area contributed by atoms with Gasteiger partial charge in [-0.2, -0.15) is 13.2 Å². The van der Waals surface area contributed by atoms with Crippen LogP contribution in [0.2, 0.25) is 5.15 Å². The molecule has 36 heavy (non-hydrogen) atoms. The molecule has 1 aliphatic heterocycles. The summed E-state index contributed by atoms with van der Waals surface area (Å²) in [6.45, 7) is 0.692. The Kier molecular flexibility index (Phi) is 7.61. The summed E-state index contributed by atoms with van der Waals surface area (Å²) in [5, 5.41) is 5.85. The number of hydrogen-bond donors (Lipinski definition) is 2. The average molecular weight is 518 g/mol. The molecule has 1 amide bonds. The van der Waals surface area contributed by atoms with E-state index in [1.807, 2.05) is 0 Å². The van der Waals surface area contributed by atoms with Crippen LogP contribution in [-0.2, 0) is 22.3 Å². The number of Topliss-reactive ketones (excluding diaryl/α,β-unsaturated/α-hetero) is 1. The molecule has 1 saturated heterocycles. The predicted molar refractivity (Wildman–Crippen MR) is 129 cm³/mol. The number of nitrogens with zero attached hydrogens (tertiary/aromatic N) is 1. The molecule has 1 aliphatic rings. The Morgan fingerprint density at radius 3 is 2.50 bits per heavy atom. The van der Waals surface area contributed by atoms with Gasteiger partial charge in [-0.05, 0) is 48.4 Å². The van der Waals surface area contributed by atoms with Gasteiger partial charge in [-0.15, -0.1) is 0 Å². The van der Waals surface area contributed by atoms with Gasteiger partial charge >= 0.3 is 6.18 Å². The van der Waals surface area contributed by atoms with Gasteiger partial charge in [-0.3, -0.25) is 9.59 Å². The highest BCUT2D eigenvalue weighted by atomic mass is 35.5. The number of aromatic nitrogens is 1. The second-order valence-electron chi connectivity index (χ2n) is 8.60. The fourth-order valence-electron chi connectivity index (χ4n) is 4.06. The number of ether oxygens (including phenoxy) is 1. The maximum atomic E-state index is 13.2. The number of carbonyl (C=O) groups excluding carboxylic acids is 2. The summed E-state index contributed by atoms with van der Waals surface area (Å²) < 4.78 is 45.1. The van der Waals surface area contributed by atoms with Crippen molar-refractivity contribution < 1.29 is 27.5 Å². The maximum absolute atomic E-state index is 13.2. The highest BCUT2D eigenvalue weighted by Crippen LogP contribution is 2.36. The predicted octanol–water partition coefficient (Wildman–Crippen LogP) is 5.79. The van der Waals surface area contributed by atoms with Gasteiger partial charge in [0.15, 0.2) is 5.78 Å². The summed E-state index contributed by atoms with van der Waals surface area (Å²) in [7, 11) is 0. The Balaban J connectivity index is 1.39. The van der Waals surface area contributed by atoms with Crippen molar-refractivity contribution in [3.8, 4) is 0 Å². The number of alkyl halides is 3. The molecule has 3 aromatic rings. The first-order valence-electron chi connectivity index (χ1n) is 11.2. The lowest BCUT2D eigenvalue weighted by molar-refractivity contribution is -0.137. The van der Waals surface area contributed by atoms with Crippen LogP contribution in [0.4, 0.5) is 24.5 Å². The van der Waals surface area contributed by atoms with E-state index in [9.17, 15) is 22.8 Å². The molecule has 0 unspecified atom stereocenters. The molecule has 10 heteroatoms. The molecule has 6 nitrogen and oxygen atoms in total. The van der Waals surface area contributed by atoms with Crippen molar-refractivity contribution in [2.75, 3.05) is 18.5 Å². The van der Waals surface area contributed by atoms with Crippen molar-refractivity contribution in [1.29, 1.82) is 0 Å². The van der Waals surface area contributed by atoms with Gasteiger partial charge in [-0.25, -0.2) is 4.98 Å². The molecule has 4 rings (SSSR count). The summed E-state index contributed by atoms with van der Waals surface area (Å²) >= 11 is 5.88. The van der Waals surface area contributed by atoms with E-state index in [1.54, 1.807) is 30.3 Å². The van der Waals surface area contributed by atoms with Crippen LogP contribution in [0.15, 0.2) is 66.9 Å². The van der Waals surface area contributed by atoms with Crippen molar-refractivity contribution in [3.05, 3.63) is 88.7 Å². The number of halogens is 4. The minimum absolute atomic E-state index is 0.0271. The van der Waals surface area contributed by atoms with Crippen molar-refractivity contribution >= 4 is 34.7 Å². The lowest BCUT2D eigenvalue weighted by Crippen LogP contribution is -2.42. The average Bonchev–Trinajstić information content (AvgIpc) is 3.33. The van der Waals surface area contributed by atoms with Gasteiger partial charge in [0, 0.05) is 37.0 Å². The van der Waals surface area contributed by atoms with E-state index in [4.69, 9.17) is 16.3 Å². The summed E-state index contributed by atoms with van der Waals surface area (Å²) in [6, 6.07) is 15.0. The van der Waals surface area contributed by atoms with Gasteiger partial charge in [-0.1, -0.05) is 35.9 Å². The van der Waals surface area contributed by atoms with E-state index in [0.717, 1.165) is 11.6 Å². The minimum Gasteiger partial charge on any atom is -0.380 e. The SMILES string of the molecule is O=C(C[C@@]1(C(=O)NCc2ccc(Nc3ccccc3C(F)(F)F)cc2)CCOC1)c1ccnc(Cl)c1. The molecule has 188 valence electrons. The number of anilines is 2. The number of para-hydroxylation sites is 1. The van der Waals surface area contributed by atoms with Crippen molar-refractivity contribution in [1.82, 2.24) is 10.3 Å². The second kappa shape index (κ2) is 10.7. The highest BCUT2D eigenvalue weighted by Gasteiger charge is 2.44. The Hall–Kier alpha value is -3.43. The van der Waals surface area contributed by atoms with E-state index in [2.05, 4.69) is 15.6 Å². The smallest absolute Gasteiger partial charge is 0.380 e. The topological polar surface area (TPSA) is 80.3 Å². The molecule has 2 N–H and O–H groups in total. The third kappa shape index (κ3) is 6.03. The van der Waals surface area contributed by atoms with Gasteiger partial charge in [0.05, 0.1) is 23.3 Å². The first-order valence-corrected chi connectivity index (χ1v) is 11.6. The number of benzene rings is 2. The first-order chi connectivity index (χ1) is 17.2. The molecule has 0 radical (unpaired) electrons. The zero-order valence-electron chi connectivity index (χ0n) is 19.1. The number of carbonyl (C=O) groups is 2.